The number of rotatable bonds is 8. The fourth-order valence-electron chi connectivity index (χ4n) is 2.80. The van der Waals surface area contributed by atoms with E-state index in [0.717, 1.165) is 22.8 Å². The van der Waals surface area contributed by atoms with Gasteiger partial charge in [0.25, 0.3) is 0 Å². The number of pyridine rings is 1. The molecule has 0 aliphatic carbocycles. The lowest BCUT2D eigenvalue weighted by molar-refractivity contribution is -0.116. The topological polar surface area (TPSA) is 88.1 Å². The van der Waals surface area contributed by atoms with E-state index in [1.165, 1.54) is 0 Å². The molecule has 0 unspecified atom stereocenters. The number of aliphatic imine (C=N–C) groups is 1. The van der Waals surface area contributed by atoms with E-state index in [2.05, 4.69) is 20.6 Å². The summed E-state index contributed by atoms with van der Waals surface area (Å²) in [5.41, 5.74) is 1.86. The minimum absolute atomic E-state index is 0.106. The standard InChI is InChI=1S/C21H29N5O3/c1-15-7-6-8-19(24-15)25-20(27)11-12-23-21(22-2)26(3)14-16-9-10-17(28-4)13-18(16)29-5/h6-10,13H,11-12,14H2,1-5H3,(H,22,23)(H,24,25,27). The number of aryl methyl sites for hydroxylation is 1. The molecule has 1 amide bonds. The molecule has 0 atom stereocenters. The van der Waals surface area contributed by atoms with Crippen molar-refractivity contribution in [1.29, 1.82) is 0 Å². The molecule has 2 aromatic rings. The smallest absolute Gasteiger partial charge is 0.227 e. The lowest BCUT2D eigenvalue weighted by Gasteiger charge is -2.23. The summed E-state index contributed by atoms with van der Waals surface area (Å²) in [4.78, 5) is 22.6. The van der Waals surface area contributed by atoms with E-state index in [4.69, 9.17) is 9.47 Å². The number of guanidine groups is 1. The van der Waals surface area contributed by atoms with Crippen molar-refractivity contribution in [3.05, 3.63) is 47.7 Å². The highest BCUT2D eigenvalue weighted by atomic mass is 16.5. The van der Waals surface area contributed by atoms with Gasteiger partial charge in [0.15, 0.2) is 5.96 Å². The lowest BCUT2D eigenvalue weighted by Crippen LogP contribution is -2.39. The van der Waals surface area contributed by atoms with Gasteiger partial charge in [-0.2, -0.15) is 0 Å². The summed E-state index contributed by atoms with van der Waals surface area (Å²) in [5, 5.41) is 6.00. The van der Waals surface area contributed by atoms with E-state index in [1.807, 2.05) is 49.2 Å². The molecule has 2 N–H and O–H groups in total. The largest absolute Gasteiger partial charge is 0.497 e. The van der Waals surface area contributed by atoms with Crippen LogP contribution in [0.15, 0.2) is 41.4 Å². The van der Waals surface area contributed by atoms with Crippen LogP contribution in [0, 0.1) is 6.92 Å². The van der Waals surface area contributed by atoms with Gasteiger partial charge in [0, 0.05) is 50.9 Å². The van der Waals surface area contributed by atoms with E-state index in [0.29, 0.717) is 31.3 Å². The SMILES string of the molecule is CN=C(NCCC(=O)Nc1cccc(C)n1)N(C)Cc1ccc(OC)cc1OC. The number of methoxy groups -OCH3 is 2. The second kappa shape index (κ2) is 10.9. The fourth-order valence-corrected chi connectivity index (χ4v) is 2.80. The molecule has 0 saturated heterocycles. The Hall–Kier alpha value is -3.29. The maximum atomic E-state index is 12.1. The number of aromatic nitrogens is 1. The van der Waals surface area contributed by atoms with Crippen LogP contribution in [-0.4, -0.2) is 56.6 Å². The van der Waals surface area contributed by atoms with Gasteiger partial charge in [-0.1, -0.05) is 6.07 Å². The van der Waals surface area contributed by atoms with Crippen LogP contribution in [0.25, 0.3) is 0 Å². The maximum absolute atomic E-state index is 12.1. The van der Waals surface area contributed by atoms with Crippen molar-refractivity contribution in [2.45, 2.75) is 19.9 Å². The lowest BCUT2D eigenvalue weighted by atomic mass is 10.2. The zero-order valence-electron chi connectivity index (χ0n) is 17.7. The van der Waals surface area contributed by atoms with Crippen molar-refractivity contribution in [2.24, 2.45) is 4.99 Å². The van der Waals surface area contributed by atoms with E-state index in [-0.39, 0.29) is 5.91 Å². The Morgan fingerprint density at radius 1 is 1.21 bits per heavy atom. The number of ether oxygens (including phenoxy) is 2. The number of benzene rings is 1. The van der Waals surface area contributed by atoms with Crippen LogP contribution >= 0.6 is 0 Å². The first-order chi connectivity index (χ1) is 14.0. The molecular formula is C21H29N5O3. The molecule has 0 bridgehead atoms. The molecule has 0 aliphatic rings. The van der Waals surface area contributed by atoms with Gasteiger partial charge < -0.3 is 25.0 Å². The first-order valence-corrected chi connectivity index (χ1v) is 9.33. The van der Waals surface area contributed by atoms with E-state index in [9.17, 15) is 4.79 Å². The highest BCUT2D eigenvalue weighted by Gasteiger charge is 2.12. The molecule has 29 heavy (non-hydrogen) atoms. The third-order valence-electron chi connectivity index (χ3n) is 4.27. The molecular weight excluding hydrogens is 370 g/mol. The first-order valence-electron chi connectivity index (χ1n) is 9.33. The normalized spacial score (nSPS) is 11.0. The monoisotopic (exact) mass is 399 g/mol. The molecule has 0 aliphatic heterocycles. The van der Waals surface area contributed by atoms with Crippen LogP contribution in [0.5, 0.6) is 11.5 Å². The van der Waals surface area contributed by atoms with E-state index < -0.39 is 0 Å². The number of nitrogens with zero attached hydrogens (tertiary/aromatic N) is 3. The highest BCUT2D eigenvalue weighted by Crippen LogP contribution is 2.25. The summed E-state index contributed by atoms with van der Waals surface area (Å²) in [6.07, 6.45) is 0.300. The van der Waals surface area contributed by atoms with Gasteiger partial charge in [-0.05, 0) is 31.2 Å². The Morgan fingerprint density at radius 3 is 2.66 bits per heavy atom. The molecule has 2 rings (SSSR count). The van der Waals surface area contributed by atoms with Gasteiger partial charge in [0.1, 0.15) is 17.3 Å². The van der Waals surface area contributed by atoms with Crippen molar-refractivity contribution in [2.75, 3.05) is 40.2 Å². The van der Waals surface area contributed by atoms with Crippen LogP contribution in [-0.2, 0) is 11.3 Å². The van der Waals surface area contributed by atoms with Gasteiger partial charge in [-0.3, -0.25) is 9.79 Å². The molecule has 8 heteroatoms. The van der Waals surface area contributed by atoms with Gasteiger partial charge in [-0.25, -0.2) is 4.98 Å². The zero-order chi connectivity index (χ0) is 21.2. The zero-order valence-corrected chi connectivity index (χ0v) is 17.7. The minimum atomic E-state index is -0.106. The molecule has 0 radical (unpaired) electrons. The van der Waals surface area contributed by atoms with Crippen LogP contribution in [0.1, 0.15) is 17.7 Å². The van der Waals surface area contributed by atoms with Crippen LogP contribution in [0.4, 0.5) is 5.82 Å². The summed E-state index contributed by atoms with van der Waals surface area (Å²) >= 11 is 0. The predicted octanol–water partition coefficient (Wildman–Crippen LogP) is 2.44. The number of amides is 1. The number of hydrogen-bond acceptors (Lipinski definition) is 5. The predicted molar refractivity (Wildman–Crippen MR) is 115 cm³/mol. The van der Waals surface area contributed by atoms with Crippen LogP contribution in [0.3, 0.4) is 0 Å². The second-order valence-electron chi connectivity index (χ2n) is 6.47. The second-order valence-corrected chi connectivity index (χ2v) is 6.47. The van der Waals surface area contributed by atoms with E-state index >= 15 is 0 Å². The molecule has 1 aromatic carbocycles. The minimum Gasteiger partial charge on any atom is -0.497 e. The number of anilines is 1. The third kappa shape index (κ3) is 6.67. The summed E-state index contributed by atoms with van der Waals surface area (Å²) < 4.78 is 10.7. The summed E-state index contributed by atoms with van der Waals surface area (Å²) in [6, 6.07) is 11.2. The van der Waals surface area contributed by atoms with Gasteiger partial charge in [0.2, 0.25) is 5.91 Å². The molecule has 0 spiro atoms. The van der Waals surface area contributed by atoms with Crippen molar-refractivity contribution in [3.63, 3.8) is 0 Å². The Morgan fingerprint density at radius 2 is 2.00 bits per heavy atom. The van der Waals surface area contributed by atoms with Gasteiger partial charge in [-0.15, -0.1) is 0 Å². The van der Waals surface area contributed by atoms with Crippen molar-refractivity contribution < 1.29 is 14.3 Å². The maximum Gasteiger partial charge on any atom is 0.227 e. The Balaban J connectivity index is 1.87. The number of carbonyl (C=O) groups excluding carboxylic acids is 1. The van der Waals surface area contributed by atoms with E-state index in [1.54, 1.807) is 27.3 Å². The van der Waals surface area contributed by atoms with Gasteiger partial charge in [0.05, 0.1) is 14.2 Å². The van der Waals surface area contributed by atoms with Gasteiger partial charge >= 0.3 is 0 Å². The molecule has 8 nitrogen and oxygen atoms in total. The van der Waals surface area contributed by atoms with Crippen LogP contribution in [0.2, 0.25) is 0 Å². The summed E-state index contributed by atoms with van der Waals surface area (Å²) in [5.74, 6) is 2.62. The number of nitrogens with one attached hydrogen (secondary N) is 2. The number of hydrogen-bond donors (Lipinski definition) is 2. The average molecular weight is 399 g/mol. The van der Waals surface area contributed by atoms with Crippen molar-refractivity contribution >= 4 is 17.7 Å². The Labute approximate surface area is 172 Å². The van der Waals surface area contributed by atoms with Crippen molar-refractivity contribution in [3.8, 4) is 11.5 Å². The fraction of sp³-hybridized carbons (Fsp3) is 0.381. The Kier molecular flexibility index (Phi) is 8.27. The number of carbonyl (C=O) groups is 1. The first kappa shape index (κ1) is 22.0. The molecule has 156 valence electrons. The third-order valence-corrected chi connectivity index (χ3v) is 4.27. The van der Waals surface area contributed by atoms with Crippen molar-refractivity contribution in [1.82, 2.24) is 15.2 Å². The summed E-state index contributed by atoms with van der Waals surface area (Å²) in [7, 11) is 6.89. The Bertz CT molecular complexity index is 854. The molecule has 1 aromatic heterocycles. The molecule has 0 fully saturated rings. The molecule has 1 heterocycles. The average Bonchev–Trinajstić information content (AvgIpc) is 2.71. The summed E-state index contributed by atoms with van der Waals surface area (Å²) in [6.45, 7) is 2.93. The highest BCUT2D eigenvalue weighted by molar-refractivity contribution is 5.90. The van der Waals surface area contributed by atoms with Crippen LogP contribution < -0.4 is 20.1 Å². The molecule has 0 saturated carbocycles. The quantitative estimate of drug-likeness (QED) is 0.524.